The van der Waals surface area contributed by atoms with E-state index in [1.54, 1.807) is 18.7 Å². The number of hydrogen-bond donors (Lipinski definition) is 0. The van der Waals surface area contributed by atoms with Crippen molar-refractivity contribution in [1.82, 2.24) is 14.8 Å². The van der Waals surface area contributed by atoms with Gasteiger partial charge in [0, 0.05) is 28.8 Å². The molecule has 0 saturated heterocycles. The molecule has 2 fully saturated rings. The zero-order valence-electron chi connectivity index (χ0n) is 14.7. The first-order valence-corrected chi connectivity index (χ1v) is 10.00. The number of aromatic nitrogens is 3. The molecule has 0 amide bonds. The second kappa shape index (κ2) is 6.83. The summed E-state index contributed by atoms with van der Waals surface area (Å²) >= 11 is 1.69. The zero-order valence-corrected chi connectivity index (χ0v) is 15.5. The highest BCUT2D eigenvalue weighted by Gasteiger charge is 2.36. The van der Waals surface area contributed by atoms with Gasteiger partial charge in [0.1, 0.15) is 11.6 Å². The molecule has 2 aromatic rings. The van der Waals surface area contributed by atoms with Crippen molar-refractivity contribution < 1.29 is 9.53 Å². The van der Waals surface area contributed by atoms with E-state index in [4.69, 9.17) is 4.74 Å². The van der Waals surface area contributed by atoms with E-state index in [1.807, 2.05) is 25.1 Å². The molecule has 5 nitrogen and oxygen atoms in total. The van der Waals surface area contributed by atoms with Gasteiger partial charge in [0.2, 0.25) is 0 Å². The van der Waals surface area contributed by atoms with E-state index in [-0.39, 0.29) is 5.78 Å². The number of ketones is 1. The van der Waals surface area contributed by atoms with E-state index >= 15 is 0 Å². The smallest absolute Gasteiger partial charge is 0.191 e. The Hall–Kier alpha value is -1.82. The van der Waals surface area contributed by atoms with Crippen LogP contribution in [0, 0.1) is 0 Å². The van der Waals surface area contributed by atoms with Crippen LogP contribution in [0.2, 0.25) is 0 Å². The molecule has 25 heavy (non-hydrogen) atoms. The maximum atomic E-state index is 11.7. The Balaban J connectivity index is 1.56. The van der Waals surface area contributed by atoms with Crippen molar-refractivity contribution in [3.05, 3.63) is 35.2 Å². The van der Waals surface area contributed by atoms with Gasteiger partial charge in [-0.15, -0.1) is 10.2 Å². The van der Waals surface area contributed by atoms with E-state index in [0.717, 1.165) is 27.8 Å². The van der Waals surface area contributed by atoms with Crippen molar-refractivity contribution in [2.24, 2.45) is 0 Å². The Morgan fingerprint density at radius 1 is 1.28 bits per heavy atom. The highest BCUT2D eigenvalue weighted by atomic mass is 32.2. The first kappa shape index (κ1) is 16.6. The number of carbonyl (C=O) groups is 1. The van der Waals surface area contributed by atoms with Crippen molar-refractivity contribution in [3.63, 3.8) is 0 Å². The van der Waals surface area contributed by atoms with Crippen LogP contribution >= 0.6 is 11.8 Å². The van der Waals surface area contributed by atoms with E-state index in [2.05, 4.69) is 14.8 Å². The summed E-state index contributed by atoms with van der Waals surface area (Å²) in [5, 5.41) is 9.92. The zero-order chi connectivity index (χ0) is 17.4. The monoisotopic (exact) mass is 357 g/mol. The standard InChI is InChI=1S/C19H23N3O2S/c1-3-24-17-9-6-14(12(2)23)10-15(17)11-25-19-21-20-18(13-4-5-13)22(19)16-7-8-16/h6,9-10,13,16H,3-5,7-8,11H2,1-2H3. The molecular weight excluding hydrogens is 334 g/mol. The number of carbonyl (C=O) groups excluding carboxylic acids is 1. The predicted molar refractivity (Wildman–Crippen MR) is 97.4 cm³/mol. The number of hydrogen-bond acceptors (Lipinski definition) is 5. The molecular formula is C19H23N3O2S. The van der Waals surface area contributed by atoms with E-state index in [0.29, 0.717) is 18.6 Å². The lowest BCUT2D eigenvalue weighted by Crippen LogP contribution is -2.03. The van der Waals surface area contributed by atoms with E-state index in [1.165, 1.54) is 31.5 Å². The van der Waals surface area contributed by atoms with E-state index < -0.39 is 0 Å². The van der Waals surface area contributed by atoms with Crippen LogP contribution in [0.3, 0.4) is 0 Å². The molecule has 132 valence electrons. The minimum absolute atomic E-state index is 0.0754. The van der Waals surface area contributed by atoms with Crippen LogP contribution < -0.4 is 4.74 Å². The highest BCUT2D eigenvalue weighted by Crippen LogP contribution is 2.46. The van der Waals surface area contributed by atoms with Gasteiger partial charge in [0.05, 0.1) is 6.61 Å². The molecule has 1 heterocycles. The molecule has 0 radical (unpaired) electrons. The number of Topliss-reactive ketones (excluding diaryl/α,β-unsaturated/α-hetero) is 1. The number of rotatable bonds is 8. The Kier molecular flexibility index (Phi) is 4.54. The van der Waals surface area contributed by atoms with Crippen LogP contribution in [0.15, 0.2) is 23.4 Å². The molecule has 1 aromatic heterocycles. The molecule has 2 aliphatic carbocycles. The van der Waals surface area contributed by atoms with Crippen molar-refractivity contribution >= 4 is 17.5 Å². The number of benzene rings is 1. The highest BCUT2D eigenvalue weighted by molar-refractivity contribution is 7.98. The predicted octanol–water partition coefficient (Wildman–Crippen LogP) is 4.38. The lowest BCUT2D eigenvalue weighted by atomic mass is 10.1. The Morgan fingerprint density at radius 3 is 2.72 bits per heavy atom. The summed E-state index contributed by atoms with van der Waals surface area (Å²) < 4.78 is 8.09. The maximum Gasteiger partial charge on any atom is 0.191 e. The summed E-state index contributed by atoms with van der Waals surface area (Å²) in [5.41, 5.74) is 1.76. The summed E-state index contributed by atoms with van der Waals surface area (Å²) in [4.78, 5) is 11.7. The third kappa shape index (κ3) is 3.59. The fourth-order valence-electron chi connectivity index (χ4n) is 3.03. The lowest BCUT2D eigenvalue weighted by molar-refractivity contribution is 0.101. The van der Waals surface area contributed by atoms with Crippen LogP contribution in [0.25, 0.3) is 0 Å². The Morgan fingerprint density at radius 2 is 2.08 bits per heavy atom. The SMILES string of the molecule is CCOc1ccc(C(C)=O)cc1CSc1nnc(C2CC2)n1C1CC1. The second-order valence-corrected chi connectivity index (χ2v) is 7.76. The fraction of sp³-hybridized carbons (Fsp3) is 0.526. The van der Waals surface area contributed by atoms with Crippen LogP contribution in [0.5, 0.6) is 5.75 Å². The molecule has 1 aromatic carbocycles. The molecule has 0 atom stereocenters. The number of ether oxygens (including phenoxy) is 1. The second-order valence-electron chi connectivity index (χ2n) is 6.82. The van der Waals surface area contributed by atoms with Crippen molar-refractivity contribution in [3.8, 4) is 5.75 Å². The van der Waals surface area contributed by atoms with Gasteiger partial charge in [0.15, 0.2) is 10.9 Å². The van der Waals surface area contributed by atoms with Gasteiger partial charge < -0.3 is 9.30 Å². The Labute approximate surface area is 152 Å². The van der Waals surface area contributed by atoms with Crippen LogP contribution in [-0.2, 0) is 5.75 Å². The number of thioether (sulfide) groups is 1. The first-order valence-electron chi connectivity index (χ1n) is 9.01. The van der Waals surface area contributed by atoms with Crippen LogP contribution in [0.4, 0.5) is 0 Å². The first-order chi connectivity index (χ1) is 12.2. The van der Waals surface area contributed by atoms with Crippen molar-refractivity contribution in [2.45, 2.75) is 62.4 Å². The van der Waals surface area contributed by atoms with Gasteiger partial charge >= 0.3 is 0 Å². The topological polar surface area (TPSA) is 57.0 Å². The van der Waals surface area contributed by atoms with E-state index in [9.17, 15) is 4.79 Å². The van der Waals surface area contributed by atoms with Gasteiger partial charge in [0.25, 0.3) is 0 Å². The third-order valence-corrected chi connectivity index (χ3v) is 5.66. The van der Waals surface area contributed by atoms with Gasteiger partial charge in [-0.1, -0.05) is 11.8 Å². The summed E-state index contributed by atoms with van der Waals surface area (Å²) in [6.07, 6.45) is 4.94. The summed E-state index contributed by atoms with van der Waals surface area (Å²) in [6.45, 7) is 4.18. The number of nitrogens with zero attached hydrogens (tertiary/aromatic N) is 3. The molecule has 2 aliphatic rings. The van der Waals surface area contributed by atoms with Gasteiger partial charge in [-0.2, -0.15) is 0 Å². The van der Waals surface area contributed by atoms with Crippen molar-refractivity contribution in [2.75, 3.05) is 6.61 Å². The molecule has 0 aliphatic heterocycles. The summed E-state index contributed by atoms with van der Waals surface area (Å²) in [6, 6.07) is 6.26. The van der Waals surface area contributed by atoms with Gasteiger partial charge in [-0.3, -0.25) is 4.79 Å². The molecule has 2 saturated carbocycles. The normalized spacial score (nSPS) is 16.9. The molecule has 6 heteroatoms. The fourth-order valence-corrected chi connectivity index (χ4v) is 4.02. The molecule has 0 spiro atoms. The maximum absolute atomic E-state index is 11.7. The Bertz CT molecular complexity index is 794. The average Bonchev–Trinajstić information content (AvgIpc) is 3.52. The quantitative estimate of drug-likeness (QED) is 0.518. The minimum atomic E-state index is 0.0754. The largest absolute Gasteiger partial charge is 0.494 e. The van der Waals surface area contributed by atoms with Gasteiger partial charge in [-0.05, 0) is 57.7 Å². The van der Waals surface area contributed by atoms with Crippen molar-refractivity contribution in [1.29, 1.82) is 0 Å². The van der Waals surface area contributed by atoms with Crippen LogP contribution in [0.1, 0.15) is 73.2 Å². The van der Waals surface area contributed by atoms with Crippen LogP contribution in [-0.4, -0.2) is 27.2 Å². The third-order valence-electron chi connectivity index (χ3n) is 4.67. The molecule has 0 N–H and O–H groups in total. The molecule has 0 bridgehead atoms. The minimum Gasteiger partial charge on any atom is -0.494 e. The average molecular weight is 357 g/mol. The molecule has 4 rings (SSSR count). The summed E-state index contributed by atoms with van der Waals surface area (Å²) in [5.74, 6) is 3.44. The summed E-state index contributed by atoms with van der Waals surface area (Å²) in [7, 11) is 0. The lowest BCUT2D eigenvalue weighted by Gasteiger charge is -2.12. The molecule has 0 unspecified atom stereocenters. The van der Waals surface area contributed by atoms with Gasteiger partial charge in [-0.25, -0.2) is 0 Å².